The summed E-state index contributed by atoms with van der Waals surface area (Å²) in [6, 6.07) is 9.77. The zero-order valence-electron chi connectivity index (χ0n) is 14.5. The highest BCUT2D eigenvalue weighted by molar-refractivity contribution is 5.79. The second-order valence-electron chi connectivity index (χ2n) is 6.06. The van der Waals surface area contributed by atoms with Crippen molar-refractivity contribution in [2.24, 2.45) is 10.4 Å². The Balaban J connectivity index is 1.79. The summed E-state index contributed by atoms with van der Waals surface area (Å²) in [5.74, 6) is 1.64. The molecule has 1 aliphatic rings. The number of aliphatic hydroxyl groups excluding tert-OH is 1. The van der Waals surface area contributed by atoms with E-state index in [0.717, 1.165) is 37.7 Å². The lowest BCUT2D eigenvalue weighted by Gasteiger charge is -2.24. The average Bonchev–Trinajstić information content (AvgIpc) is 3.06. The van der Waals surface area contributed by atoms with Crippen LogP contribution in [0.5, 0.6) is 5.75 Å². The SMILES string of the molecule is CCNC(=NCC1(CCO)CCOC1)NCCOc1ccccc1. The van der Waals surface area contributed by atoms with Crippen molar-refractivity contribution >= 4 is 5.96 Å². The standard InChI is InChI=1S/C18H29N3O3/c1-2-19-17(20-10-13-24-16-6-4-3-5-7-16)21-14-18(8-11-22)9-12-23-15-18/h3-7,22H,2,8-15H2,1H3,(H2,19,20,21). The minimum absolute atomic E-state index is 0.0301. The molecule has 1 saturated heterocycles. The molecule has 2 rings (SSSR count). The summed E-state index contributed by atoms with van der Waals surface area (Å²) >= 11 is 0. The molecule has 1 aliphatic heterocycles. The van der Waals surface area contributed by atoms with Gasteiger partial charge in [-0.25, -0.2) is 0 Å². The Hall–Kier alpha value is -1.79. The van der Waals surface area contributed by atoms with Crippen LogP contribution in [0.25, 0.3) is 0 Å². The average molecular weight is 335 g/mol. The third-order valence-electron chi connectivity index (χ3n) is 4.15. The molecule has 1 atom stereocenters. The quantitative estimate of drug-likeness (QED) is 0.361. The molecule has 1 fully saturated rings. The Labute approximate surface area is 144 Å². The van der Waals surface area contributed by atoms with Gasteiger partial charge in [-0.05, 0) is 31.9 Å². The minimum atomic E-state index is -0.0301. The van der Waals surface area contributed by atoms with Gasteiger partial charge >= 0.3 is 0 Å². The van der Waals surface area contributed by atoms with E-state index in [1.807, 2.05) is 37.3 Å². The zero-order chi connectivity index (χ0) is 17.1. The van der Waals surface area contributed by atoms with Crippen LogP contribution in [0.2, 0.25) is 0 Å². The third-order valence-corrected chi connectivity index (χ3v) is 4.15. The second-order valence-corrected chi connectivity index (χ2v) is 6.06. The van der Waals surface area contributed by atoms with Crippen LogP contribution in [0.3, 0.4) is 0 Å². The van der Waals surface area contributed by atoms with Crippen molar-refractivity contribution in [3.05, 3.63) is 30.3 Å². The van der Waals surface area contributed by atoms with Gasteiger partial charge in [-0.1, -0.05) is 18.2 Å². The number of nitrogens with zero attached hydrogens (tertiary/aromatic N) is 1. The van der Waals surface area contributed by atoms with E-state index in [2.05, 4.69) is 15.6 Å². The molecule has 0 saturated carbocycles. The van der Waals surface area contributed by atoms with Crippen LogP contribution in [0.15, 0.2) is 35.3 Å². The normalized spacial score (nSPS) is 20.8. The number of rotatable bonds is 9. The zero-order valence-corrected chi connectivity index (χ0v) is 14.5. The fourth-order valence-corrected chi connectivity index (χ4v) is 2.73. The molecule has 0 aliphatic carbocycles. The van der Waals surface area contributed by atoms with Gasteiger partial charge in [0, 0.05) is 25.2 Å². The van der Waals surface area contributed by atoms with E-state index in [9.17, 15) is 5.11 Å². The summed E-state index contributed by atoms with van der Waals surface area (Å²) in [6.45, 7) is 6.34. The summed E-state index contributed by atoms with van der Waals surface area (Å²) in [5, 5.41) is 15.8. The Morgan fingerprint density at radius 3 is 2.83 bits per heavy atom. The number of aliphatic hydroxyl groups is 1. The van der Waals surface area contributed by atoms with Crippen LogP contribution in [-0.2, 0) is 4.74 Å². The van der Waals surface area contributed by atoms with Gasteiger partial charge in [0.25, 0.3) is 0 Å². The van der Waals surface area contributed by atoms with E-state index in [-0.39, 0.29) is 12.0 Å². The van der Waals surface area contributed by atoms with Gasteiger partial charge < -0.3 is 25.2 Å². The molecule has 0 aromatic heterocycles. The van der Waals surface area contributed by atoms with E-state index in [1.54, 1.807) is 0 Å². The van der Waals surface area contributed by atoms with Gasteiger partial charge in [0.1, 0.15) is 12.4 Å². The van der Waals surface area contributed by atoms with Crippen molar-refractivity contribution in [1.82, 2.24) is 10.6 Å². The molecule has 6 nitrogen and oxygen atoms in total. The van der Waals surface area contributed by atoms with Crippen molar-refractivity contribution in [2.45, 2.75) is 19.8 Å². The van der Waals surface area contributed by atoms with Crippen LogP contribution >= 0.6 is 0 Å². The number of ether oxygens (including phenoxy) is 2. The van der Waals surface area contributed by atoms with Crippen molar-refractivity contribution in [2.75, 3.05) is 46.1 Å². The molecule has 1 heterocycles. The molecule has 1 unspecified atom stereocenters. The molecular formula is C18H29N3O3. The lowest BCUT2D eigenvalue weighted by molar-refractivity contribution is 0.131. The molecule has 1 aromatic rings. The highest BCUT2D eigenvalue weighted by atomic mass is 16.5. The molecular weight excluding hydrogens is 306 g/mol. The molecule has 24 heavy (non-hydrogen) atoms. The van der Waals surface area contributed by atoms with Gasteiger partial charge in [0.2, 0.25) is 0 Å². The highest BCUT2D eigenvalue weighted by Crippen LogP contribution is 2.32. The van der Waals surface area contributed by atoms with E-state index >= 15 is 0 Å². The van der Waals surface area contributed by atoms with Gasteiger partial charge in [-0.15, -0.1) is 0 Å². The largest absolute Gasteiger partial charge is 0.492 e. The second kappa shape index (κ2) is 10.2. The molecule has 6 heteroatoms. The molecule has 3 N–H and O–H groups in total. The molecule has 0 amide bonds. The van der Waals surface area contributed by atoms with Crippen molar-refractivity contribution in [1.29, 1.82) is 0 Å². The van der Waals surface area contributed by atoms with Gasteiger partial charge in [0.15, 0.2) is 5.96 Å². The van der Waals surface area contributed by atoms with Crippen molar-refractivity contribution in [3.8, 4) is 5.75 Å². The van der Waals surface area contributed by atoms with E-state index in [1.165, 1.54) is 0 Å². The first-order valence-electron chi connectivity index (χ1n) is 8.67. The lowest BCUT2D eigenvalue weighted by atomic mass is 9.84. The minimum Gasteiger partial charge on any atom is -0.492 e. The highest BCUT2D eigenvalue weighted by Gasteiger charge is 2.34. The fourth-order valence-electron chi connectivity index (χ4n) is 2.73. The van der Waals surface area contributed by atoms with Crippen molar-refractivity contribution < 1.29 is 14.6 Å². The monoisotopic (exact) mass is 335 g/mol. The first-order valence-corrected chi connectivity index (χ1v) is 8.67. The summed E-state index contributed by atoms with van der Waals surface area (Å²) in [5.41, 5.74) is -0.0301. The topological polar surface area (TPSA) is 75.1 Å². The summed E-state index contributed by atoms with van der Waals surface area (Å²) in [4.78, 5) is 4.68. The van der Waals surface area contributed by atoms with Crippen LogP contribution in [0.4, 0.5) is 0 Å². The predicted molar refractivity (Wildman–Crippen MR) is 95.5 cm³/mol. The number of nitrogens with one attached hydrogen (secondary N) is 2. The van der Waals surface area contributed by atoms with Crippen LogP contribution in [-0.4, -0.2) is 57.1 Å². The molecule has 0 radical (unpaired) electrons. The maximum atomic E-state index is 9.29. The Morgan fingerprint density at radius 1 is 1.33 bits per heavy atom. The Kier molecular flexibility index (Phi) is 7.85. The maximum Gasteiger partial charge on any atom is 0.191 e. The third kappa shape index (κ3) is 6.02. The van der Waals surface area contributed by atoms with E-state index in [0.29, 0.717) is 26.3 Å². The first kappa shape index (κ1) is 18.5. The predicted octanol–water partition coefficient (Wildman–Crippen LogP) is 1.41. The van der Waals surface area contributed by atoms with Crippen LogP contribution in [0.1, 0.15) is 19.8 Å². The number of aliphatic imine (C=N–C) groups is 1. The summed E-state index contributed by atoms with van der Waals surface area (Å²) in [7, 11) is 0. The molecule has 1 aromatic carbocycles. The number of para-hydroxylation sites is 1. The van der Waals surface area contributed by atoms with Crippen LogP contribution < -0.4 is 15.4 Å². The van der Waals surface area contributed by atoms with Gasteiger partial charge in [-0.2, -0.15) is 0 Å². The molecule has 0 spiro atoms. The maximum absolute atomic E-state index is 9.29. The molecule has 134 valence electrons. The smallest absolute Gasteiger partial charge is 0.191 e. The van der Waals surface area contributed by atoms with Crippen molar-refractivity contribution in [3.63, 3.8) is 0 Å². The van der Waals surface area contributed by atoms with Gasteiger partial charge in [-0.3, -0.25) is 4.99 Å². The fraction of sp³-hybridized carbons (Fsp3) is 0.611. The van der Waals surface area contributed by atoms with Gasteiger partial charge in [0.05, 0.1) is 19.7 Å². The number of hydrogen-bond donors (Lipinski definition) is 3. The molecule has 0 bridgehead atoms. The Bertz CT molecular complexity index is 488. The first-order chi connectivity index (χ1) is 11.8. The summed E-state index contributed by atoms with van der Waals surface area (Å²) in [6.07, 6.45) is 1.68. The van der Waals surface area contributed by atoms with E-state index in [4.69, 9.17) is 9.47 Å². The number of hydrogen-bond acceptors (Lipinski definition) is 4. The van der Waals surface area contributed by atoms with E-state index < -0.39 is 0 Å². The number of guanidine groups is 1. The lowest BCUT2D eigenvalue weighted by Crippen LogP contribution is -2.40. The number of benzene rings is 1. The Morgan fingerprint density at radius 2 is 2.17 bits per heavy atom. The summed E-state index contributed by atoms with van der Waals surface area (Å²) < 4.78 is 11.2. The van der Waals surface area contributed by atoms with Crippen LogP contribution in [0, 0.1) is 5.41 Å².